The summed E-state index contributed by atoms with van der Waals surface area (Å²) in [5, 5.41) is 6.02. The highest BCUT2D eigenvalue weighted by molar-refractivity contribution is 7.98. The second-order valence-corrected chi connectivity index (χ2v) is 7.90. The maximum absolute atomic E-state index is 12.7. The Labute approximate surface area is 175 Å². The van der Waals surface area contributed by atoms with Crippen LogP contribution in [0.3, 0.4) is 0 Å². The molecule has 2 heterocycles. The van der Waals surface area contributed by atoms with Gasteiger partial charge in [0.15, 0.2) is 0 Å². The highest BCUT2D eigenvalue weighted by Gasteiger charge is 2.19. The van der Waals surface area contributed by atoms with Gasteiger partial charge in [0.25, 0.3) is 11.1 Å². The van der Waals surface area contributed by atoms with E-state index in [-0.39, 0.29) is 23.9 Å². The third kappa shape index (κ3) is 4.02. The van der Waals surface area contributed by atoms with Gasteiger partial charge in [0, 0.05) is 0 Å². The van der Waals surface area contributed by atoms with Crippen LogP contribution in [0.1, 0.15) is 18.3 Å². The van der Waals surface area contributed by atoms with Crippen molar-refractivity contribution in [3.05, 3.63) is 75.1 Å². The van der Waals surface area contributed by atoms with E-state index in [0.29, 0.717) is 17.6 Å². The first-order valence-electron chi connectivity index (χ1n) is 9.51. The number of thioether (sulfide) groups is 1. The van der Waals surface area contributed by atoms with Crippen molar-refractivity contribution in [1.82, 2.24) is 25.1 Å². The number of nitrogens with zero attached hydrogens (tertiary/aromatic N) is 2. The molecule has 154 valence electrons. The topological polar surface area (TPSA) is 113 Å². The number of aromatic nitrogens is 4. The Morgan fingerprint density at radius 3 is 2.63 bits per heavy atom. The fourth-order valence-electron chi connectivity index (χ4n) is 3.39. The smallest absolute Gasteiger partial charge is 0.273 e. The largest absolute Gasteiger partial charge is 0.345 e. The zero-order valence-electron chi connectivity index (χ0n) is 16.3. The highest BCUT2D eigenvalue weighted by atomic mass is 32.2. The summed E-state index contributed by atoms with van der Waals surface area (Å²) in [6.07, 6.45) is 2.67. The van der Waals surface area contributed by atoms with Crippen LogP contribution in [0.25, 0.3) is 21.8 Å². The summed E-state index contributed by atoms with van der Waals surface area (Å²) in [5.41, 5.74) is 0.899. The molecule has 0 aliphatic heterocycles. The number of amides is 1. The lowest BCUT2D eigenvalue weighted by Crippen LogP contribution is -2.38. The molecule has 8 nitrogen and oxygen atoms in total. The number of benzene rings is 2. The van der Waals surface area contributed by atoms with Crippen molar-refractivity contribution in [3.8, 4) is 0 Å². The Hall–Kier alpha value is -3.33. The molecule has 3 N–H and O–H groups in total. The van der Waals surface area contributed by atoms with E-state index in [1.807, 2.05) is 30.5 Å². The first kappa shape index (κ1) is 20.0. The van der Waals surface area contributed by atoms with Crippen molar-refractivity contribution in [2.75, 3.05) is 12.0 Å². The molecule has 2 aromatic heterocycles. The van der Waals surface area contributed by atoms with E-state index < -0.39 is 11.1 Å². The average Bonchev–Trinajstić information content (AvgIpc) is 3.19. The number of H-pyrrole nitrogens is 2. The van der Waals surface area contributed by atoms with Crippen LogP contribution in [0, 0.1) is 0 Å². The van der Waals surface area contributed by atoms with Crippen molar-refractivity contribution in [2.24, 2.45) is 0 Å². The molecule has 1 unspecified atom stereocenters. The molecule has 0 saturated heterocycles. The number of carbonyl (C=O) groups excluding carboxylic acids is 1. The Balaban J connectivity index is 1.59. The summed E-state index contributed by atoms with van der Waals surface area (Å²) < 4.78 is 1.05. The summed E-state index contributed by atoms with van der Waals surface area (Å²) in [5.74, 6) is 1.11. The zero-order chi connectivity index (χ0) is 21.1. The van der Waals surface area contributed by atoms with Gasteiger partial charge in [-0.2, -0.15) is 11.8 Å². The fraction of sp³-hybridized carbons (Fsp3) is 0.238. The number of nitrogens with one attached hydrogen (secondary N) is 3. The van der Waals surface area contributed by atoms with Crippen molar-refractivity contribution < 1.29 is 4.79 Å². The standard InChI is InChI=1S/C21H21N5O3S/c1-30-11-10-17(19-23-15-8-4-5-9-16(15)24-19)22-18(27)12-26-21(29)14-7-3-2-6-13(14)20(28)25-26/h2-9,17H,10-12H2,1H3,(H,22,27)(H,23,24)(H,25,28). The van der Waals surface area contributed by atoms with Gasteiger partial charge >= 0.3 is 0 Å². The van der Waals surface area contributed by atoms with Crippen LogP contribution in [0.5, 0.6) is 0 Å². The number of hydrogen-bond donors (Lipinski definition) is 3. The molecule has 2 aromatic carbocycles. The van der Waals surface area contributed by atoms with Gasteiger partial charge in [-0.25, -0.2) is 9.67 Å². The maximum Gasteiger partial charge on any atom is 0.273 e. The minimum atomic E-state index is -0.412. The molecule has 0 radical (unpaired) electrons. The predicted molar refractivity (Wildman–Crippen MR) is 119 cm³/mol. The normalized spacial score (nSPS) is 12.3. The van der Waals surface area contributed by atoms with Crippen LogP contribution in [-0.2, 0) is 11.3 Å². The summed E-state index contributed by atoms with van der Waals surface area (Å²) in [6.45, 7) is -0.283. The van der Waals surface area contributed by atoms with Crippen LogP contribution in [0.15, 0.2) is 58.1 Å². The zero-order valence-corrected chi connectivity index (χ0v) is 17.2. The molecule has 0 fully saturated rings. The molecule has 0 aliphatic carbocycles. The van der Waals surface area contributed by atoms with Gasteiger partial charge in [-0.3, -0.25) is 19.5 Å². The molecule has 0 aliphatic rings. The van der Waals surface area contributed by atoms with Gasteiger partial charge < -0.3 is 10.3 Å². The Bertz CT molecular complexity index is 1290. The Morgan fingerprint density at radius 2 is 1.87 bits per heavy atom. The van der Waals surface area contributed by atoms with Gasteiger partial charge in [-0.1, -0.05) is 24.3 Å². The van der Waals surface area contributed by atoms with Gasteiger partial charge in [-0.05, 0) is 42.7 Å². The van der Waals surface area contributed by atoms with Crippen molar-refractivity contribution in [1.29, 1.82) is 0 Å². The molecular formula is C21H21N5O3S. The van der Waals surface area contributed by atoms with Gasteiger partial charge in [-0.15, -0.1) is 0 Å². The SMILES string of the molecule is CSCCC(NC(=O)Cn1[nH]c(=O)c2ccccc2c1=O)c1nc2ccccc2[nH]1. The van der Waals surface area contributed by atoms with E-state index in [1.54, 1.807) is 36.0 Å². The molecule has 1 amide bonds. The van der Waals surface area contributed by atoms with Gasteiger partial charge in [0.05, 0.1) is 27.8 Å². The van der Waals surface area contributed by atoms with Crippen LogP contribution in [-0.4, -0.2) is 37.7 Å². The molecule has 1 atom stereocenters. The van der Waals surface area contributed by atoms with E-state index in [2.05, 4.69) is 20.4 Å². The second-order valence-electron chi connectivity index (χ2n) is 6.92. The van der Waals surface area contributed by atoms with E-state index in [4.69, 9.17) is 0 Å². The number of hydrogen-bond acceptors (Lipinski definition) is 5. The van der Waals surface area contributed by atoms with Crippen LogP contribution >= 0.6 is 11.8 Å². The number of aromatic amines is 2. The number of fused-ring (bicyclic) bond motifs is 2. The van der Waals surface area contributed by atoms with Gasteiger partial charge in [0.1, 0.15) is 12.4 Å². The molecule has 9 heteroatoms. The minimum absolute atomic E-state index is 0.283. The van der Waals surface area contributed by atoms with Crippen LogP contribution < -0.4 is 16.4 Å². The van der Waals surface area contributed by atoms with E-state index in [1.165, 1.54) is 0 Å². The summed E-state index contributed by atoms with van der Waals surface area (Å²) in [4.78, 5) is 45.5. The van der Waals surface area contributed by atoms with Crippen molar-refractivity contribution >= 4 is 39.5 Å². The summed E-state index contributed by atoms with van der Waals surface area (Å²) in [7, 11) is 0. The maximum atomic E-state index is 12.7. The molecule has 0 spiro atoms. The van der Waals surface area contributed by atoms with Crippen LogP contribution in [0.2, 0.25) is 0 Å². The summed E-state index contributed by atoms with van der Waals surface area (Å²) >= 11 is 1.67. The van der Waals surface area contributed by atoms with E-state index >= 15 is 0 Å². The average molecular weight is 423 g/mol. The van der Waals surface area contributed by atoms with E-state index in [9.17, 15) is 14.4 Å². The molecule has 0 bridgehead atoms. The lowest BCUT2D eigenvalue weighted by Gasteiger charge is -2.17. The van der Waals surface area contributed by atoms with Crippen LogP contribution in [0.4, 0.5) is 0 Å². The Morgan fingerprint density at radius 1 is 1.13 bits per heavy atom. The lowest BCUT2D eigenvalue weighted by molar-refractivity contribution is -0.122. The Kier molecular flexibility index (Phi) is 5.71. The molecule has 30 heavy (non-hydrogen) atoms. The van der Waals surface area contributed by atoms with Crippen molar-refractivity contribution in [2.45, 2.75) is 19.0 Å². The summed E-state index contributed by atoms with van der Waals surface area (Å²) in [6, 6.07) is 13.9. The first-order valence-corrected chi connectivity index (χ1v) is 10.9. The predicted octanol–water partition coefficient (Wildman–Crippen LogP) is 2.18. The third-order valence-electron chi connectivity index (χ3n) is 4.87. The third-order valence-corrected chi connectivity index (χ3v) is 5.51. The minimum Gasteiger partial charge on any atom is -0.345 e. The second kappa shape index (κ2) is 8.58. The molecular weight excluding hydrogens is 402 g/mol. The number of rotatable bonds is 7. The van der Waals surface area contributed by atoms with E-state index in [0.717, 1.165) is 21.5 Å². The van der Waals surface area contributed by atoms with Crippen molar-refractivity contribution in [3.63, 3.8) is 0 Å². The highest BCUT2D eigenvalue weighted by Crippen LogP contribution is 2.20. The fourth-order valence-corrected chi connectivity index (χ4v) is 3.86. The number of imidazole rings is 1. The monoisotopic (exact) mass is 423 g/mol. The molecule has 4 aromatic rings. The van der Waals surface area contributed by atoms with Gasteiger partial charge in [0.2, 0.25) is 5.91 Å². The number of para-hydroxylation sites is 2. The first-order chi connectivity index (χ1) is 14.6. The lowest BCUT2D eigenvalue weighted by atomic mass is 10.2. The number of carbonyl (C=O) groups is 1. The molecule has 4 rings (SSSR count). The quantitative estimate of drug-likeness (QED) is 0.422. The molecule has 0 saturated carbocycles.